The molecule has 0 unspecified atom stereocenters. The van der Waals surface area contributed by atoms with Crippen molar-refractivity contribution in [3.8, 4) is 0 Å². The van der Waals surface area contributed by atoms with Crippen molar-refractivity contribution in [3.05, 3.63) is 22.2 Å². The number of nitrogens with zero attached hydrogens (tertiary/aromatic N) is 2. The average molecular weight is 375 g/mol. The van der Waals surface area contributed by atoms with E-state index in [4.69, 9.17) is 5.73 Å². The van der Waals surface area contributed by atoms with E-state index in [-0.39, 0.29) is 35.2 Å². The molecule has 0 spiro atoms. The van der Waals surface area contributed by atoms with Crippen LogP contribution in [0.5, 0.6) is 0 Å². The van der Waals surface area contributed by atoms with E-state index in [1.54, 1.807) is 0 Å². The second kappa shape index (κ2) is 9.01. The quantitative estimate of drug-likeness (QED) is 0.662. The summed E-state index contributed by atoms with van der Waals surface area (Å²) in [6.45, 7) is 0.891. The van der Waals surface area contributed by atoms with Crippen molar-refractivity contribution in [1.29, 1.82) is 0 Å². The summed E-state index contributed by atoms with van der Waals surface area (Å²) in [6.07, 6.45) is 8.35. The molecule has 0 radical (unpaired) electrons. The van der Waals surface area contributed by atoms with Crippen LogP contribution in [0, 0.1) is 5.92 Å². The van der Waals surface area contributed by atoms with Gasteiger partial charge in [0.25, 0.3) is 5.56 Å². The van der Waals surface area contributed by atoms with Gasteiger partial charge in [-0.05, 0) is 19.3 Å². The maximum absolute atomic E-state index is 12.6. The van der Waals surface area contributed by atoms with Gasteiger partial charge in [0.2, 0.25) is 11.8 Å². The van der Waals surface area contributed by atoms with E-state index in [2.05, 4.69) is 15.3 Å². The zero-order valence-electron chi connectivity index (χ0n) is 15.7. The van der Waals surface area contributed by atoms with Gasteiger partial charge in [0.05, 0.1) is 5.92 Å². The fourth-order valence-electron chi connectivity index (χ4n) is 4.10. The van der Waals surface area contributed by atoms with Crippen molar-refractivity contribution in [2.75, 3.05) is 18.8 Å². The van der Waals surface area contributed by atoms with Crippen LogP contribution in [-0.2, 0) is 16.0 Å². The number of hydrogen-bond donors (Lipinski definition) is 3. The van der Waals surface area contributed by atoms with Gasteiger partial charge in [-0.2, -0.15) is 0 Å². The number of likely N-dealkylation sites (tertiary alicyclic amines) is 1. The van der Waals surface area contributed by atoms with Crippen molar-refractivity contribution in [2.24, 2.45) is 5.92 Å². The summed E-state index contributed by atoms with van der Waals surface area (Å²) >= 11 is 0. The fourth-order valence-corrected chi connectivity index (χ4v) is 4.10. The number of aromatic amines is 1. The first-order chi connectivity index (χ1) is 13.0. The second-order valence-corrected chi connectivity index (χ2v) is 7.59. The van der Waals surface area contributed by atoms with Crippen LogP contribution in [-0.4, -0.2) is 45.8 Å². The van der Waals surface area contributed by atoms with Crippen molar-refractivity contribution >= 4 is 17.6 Å². The number of nitrogen functional groups attached to an aromatic ring is 1. The van der Waals surface area contributed by atoms with Gasteiger partial charge in [0.1, 0.15) is 11.6 Å². The Bertz CT molecular complexity index is 724. The third kappa shape index (κ3) is 5.30. The van der Waals surface area contributed by atoms with Crippen LogP contribution in [0.3, 0.4) is 0 Å². The topological polar surface area (TPSA) is 121 Å². The number of nitrogens with two attached hydrogens (primary N) is 1. The van der Waals surface area contributed by atoms with Crippen molar-refractivity contribution < 1.29 is 9.59 Å². The van der Waals surface area contributed by atoms with Crippen LogP contribution >= 0.6 is 0 Å². The Kier molecular flexibility index (Phi) is 6.47. The molecule has 1 aliphatic carbocycles. The predicted molar refractivity (Wildman–Crippen MR) is 102 cm³/mol. The number of amides is 2. The maximum atomic E-state index is 12.6. The Morgan fingerprint density at radius 1 is 1.22 bits per heavy atom. The number of H-pyrrole nitrogens is 1. The maximum Gasteiger partial charge on any atom is 0.252 e. The van der Waals surface area contributed by atoms with Crippen LogP contribution in [0.15, 0.2) is 10.9 Å². The molecule has 2 fully saturated rings. The van der Waals surface area contributed by atoms with E-state index in [1.807, 2.05) is 4.90 Å². The molecule has 8 heteroatoms. The molecular formula is C19H29N5O3. The van der Waals surface area contributed by atoms with Gasteiger partial charge in [0, 0.05) is 38.0 Å². The molecule has 27 heavy (non-hydrogen) atoms. The zero-order chi connectivity index (χ0) is 19.2. The molecule has 1 aliphatic heterocycles. The highest BCUT2D eigenvalue weighted by atomic mass is 16.2. The SMILES string of the molecule is Nc1cc(=O)[nH]c(CCNC(=O)[C@H]2CCC(=O)N(C3CCCCCC3)C2)n1. The molecule has 148 valence electrons. The molecule has 1 saturated carbocycles. The number of carbonyl (C=O) groups is 2. The van der Waals surface area contributed by atoms with Gasteiger partial charge in [-0.15, -0.1) is 0 Å². The van der Waals surface area contributed by atoms with E-state index in [9.17, 15) is 14.4 Å². The molecule has 8 nitrogen and oxygen atoms in total. The molecule has 3 rings (SSSR count). The number of nitrogens with one attached hydrogen (secondary N) is 2. The van der Waals surface area contributed by atoms with Gasteiger partial charge in [-0.25, -0.2) is 4.98 Å². The lowest BCUT2D eigenvalue weighted by atomic mass is 9.93. The Morgan fingerprint density at radius 2 is 1.96 bits per heavy atom. The summed E-state index contributed by atoms with van der Waals surface area (Å²) in [5.74, 6) is 0.614. The first kappa shape index (κ1) is 19.4. The molecule has 1 aromatic heterocycles. The normalized spacial score (nSPS) is 21.7. The third-order valence-corrected chi connectivity index (χ3v) is 5.55. The molecule has 0 bridgehead atoms. The monoisotopic (exact) mass is 375 g/mol. The van der Waals surface area contributed by atoms with Crippen LogP contribution in [0.1, 0.15) is 57.2 Å². The minimum Gasteiger partial charge on any atom is -0.383 e. The smallest absolute Gasteiger partial charge is 0.252 e. The lowest BCUT2D eigenvalue weighted by Crippen LogP contribution is -2.50. The Balaban J connectivity index is 1.51. The number of carbonyl (C=O) groups excluding carboxylic acids is 2. The molecule has 1 saturated heterocycles. The van der Waals surface area contributed by atoms with Gasteiger partial charge < -0.3 is 20.9 Å². The van der Waals surface area contributed by atoms with Crippen LogP contribution < -0.4 is 16.6 Å². The highest BCUT2D eigenvalue weighted by molar-refractivity contribution is 5.84. The minimum absolute atomic E-state index is 0.0348. The lowest BCUT2D eigenvalue weighted by Gasteiger charge is -2.37. The van der Waals surface area contributed by atoms with E-state index < -0.39 is 0 Å². The number of hydrogen-bond acceptors (Lipinski definition) is 5. The fraction of sp³-hybridized carbons (Fsp3) is 0.684. The summed E-state index contributed by atoms with van der Waals surface area (Å²) in [7, 11) is 0. The standard InChI is InChI=1S/C19H29N5O3/c20-15-11-17(25)23-16(22-15)9-10-21-19(27)13-7-8-18(26)24(12-13)14-5-3-1-2-4-6-14/h11,13-14H,1-10,12H2,(H,21,27)(H3,20,22,23,25)/t13-/m0/s1. The van der Waals surface area contributed by atoms with Crippen LogP contribution in [0.2, 0.25) is 0 Å². The van der Waals surface area contributed by atoms with E-state index in [0.717, 1.165) is 25.7 Å². The van der Waals surface area contributed by atoms with Crippen molar-refractivity contribution in [3.63, 3.8) is 0 Å². The molecule has 2 amide bonds. The van der Waals surface area contributed by atoms with Crippen molar-refractivity contribution in [2.45, 2.75) is 63.8 Å². The highest BCUT2D eigenvalue weighted by Crippen LogP contribution is 2.27. The summed E-state index contributed by atoms with van der Waals surface area (Å²) < 4.78 is 0. The molecule has 1 atom stereocenters. The van der Waals surface area contributed by atoms with Gasteiger partial charge >= 0.3 is 0 Å². The predicted octanol–water partition coefficient (Wildman–Crippen LogP) is 0.972. The number of piperidine rings is 1. The molecule has 2 heterocycles. The molecular weight excluding hydrogens is 346 g/mol. The summed E-state index contributed by atoms with van der Waals surface area (Å²) in [5, 5.41) is 2.91. The second-order valence-electron chi connectivity index (χ2n) is 7.59. The molecule has 1 aromatic rings. The third-order valence-electron chi connectivity index (χ3n) is 5.55. The summed E-state index contributed by atoms with van der Waals surface area (Å²) in [5.41, 5.74) is 5.26. The van der Waals surface area contributed by atoms with Crippen LogP contribution in [0.4, 0.5) is 5.82 Å². The lowest BCUT2D eigenvalue weighted by molar-refractivity contribution is -0.141. The van der Waals surface area contributed by atoms with Gasteiger partial charge in [0.15, 0.2) is 0 Å². The molecule has 2 aliphatic rings. The first-order valence-electron chi connectivity index (χ1n) is 9.96. The zero-order valence-corrected chi connectivity index (χ0v) is 15.7. The van der Waals surface area contributed by atoms with E-state index >= 15 is 0 Å². The number of anilines is 1. The number of rotatable bonds is 5. The average Bonchev–Trinajstić information content (AvgIpc) is 2.90. The summed E-state index contributed by atoms with van der Waals surface area (Å²) in [4.78, 5) is 45.0. The minimum atomic E-state index is -0.298. The van der Waals surface area contributed by atoms with Crippen molar-refractivity contribution in [1.82, 2.24) is 20.2 Å². The van der Waals surface area contributed by atoms with E-state index in [0.29, 0.717) is 38.2 Å². The van der Waals surface area contributed by atoms with Gasteiger partial charge in [-0.3, -0.25) is 14.4 Å². The Hall–Kier alpha value is -2.38. The molecule has 0 aromatic carbocycles. The highest BCUT2D eigenvalue weighted by Gasteiger charge is 2.34. The van der Waals surface area contributed by atoms with Gasteiger partial charge in [-0.1, -0.05) is 25.7 Å². The molecule has 4 N–H and O–H groups in total. The Labute approximate surface area is 158 Å². The first-order valence-corrected chi connectivity index (χ1v) is 9.96. The number of aromatic nitrogens is 2. The van der Waals surface area contributed by atoms with E-state index in [1.165, 1.54) is 18.9 Å². The summed E-state index contributed by atoms with van der Waals surface area (Å²) in [6, 6.07) is 1.51. The Morgan fingerprint density at radius 3 is 2.67 bits per heavy atom. The largest absolute Gasteiger partial charge is 0.383 e. The van der Waals surface area contributed by atoms with Crippen LogP contribution in [0.25, 0.3) is 0 Å².